The summed E-state index contributed by atoms with van der Waals surface area (Å²) in [4.78, 5) is 39.5. The molecule has 0 amide bonds. The molecule has 1 heterocycles. The van der Waals surface area contributed by atoms with E-state index in [9.17, 15) is 19.8 Å². The van der Waals surface area contributed by atoms with Crippen LogP contribution in [0.2, 0.25) is 0 Å². The summed E-state index contributed by atoms with van der Waals surface area (Å²) in [6.45, 7) is 6.13. The smallest absolute Gasteiger partial charge is 0.317 e. The molecule has 0 aromatic heterocycles. The molecule has 38 heavy (non-hydrogen) atoms. The minimum Gasteiger partial charge on any atom is -0.480 e. The average Bonchev–Trinajstić information content (AvgIpc) is 2.87. The number of carbonyl (C=O) groups is 2. The van der Waals surface area contributed by atoms with Crippen molar-refractivity contribution in [2.45, 2.75) is 12.5 Å². The normalized spacial score (nSPS) is 19.2. The van der Waals surface area contributed by atoms with Crippen molar-refractivity contribution in [1.82, 2.24) is 19.6 Å². The first-order valence-corrected chi connectivity index (χ1v) is 12.2. The van der Waals surface area contributed by atoms with E-state index in [1.54, 1.807) is 0 Å². The van der Waals surface area contributed by atoms with Gasteiger partial charge in [0.1, 0.15) is 0 Å². The summed E-state index contributed by atoms with van der Waals surface area (Å²) in [5.74, 6) is -1.92. The van der Waals surface area contributed by atoms with Crippen LogP contribution in [0, 0.1) is 50.1 Å². The van der Waals surface area contributed by atoms with Gasteiger partial charge in [-0.15, -0.1) is 13.1 Å². The van der Waals surface area contributed by atoms with Gasteiger partial charge >= 0.3 is 11.9 Å². The molecule has 5 N–H and O–H groups in total. The predicted octanol–water partition coefficient (Wildman–Crippen LogP) is 0.333. The summed E-state index contributed by atoms with van der Waals surface area (Å²) in [5, 5.41) is 39.9. The van der Waals surface area contributed by atoms with Gasteiger partial charge in [0.05, 0.1) is 13.1 Å². The molecule has 0 bridgehead atoms. The molecule has 1 saturated heterocycles. The predicted molar refractivity (Wildman–Crippen MR) is 136 cm³/mol. The van der Waals surface area contributed by atoms with Crippen LogP contribution in [0.15, 0.2) is 24.3 Å². The van der Waals surface area contributed by atoms with E-state index in [4.69, 9.17) is 10.5 Å². The number of aliphatic carboxylic acids is 2. The van der Waals surface area contributed by atoms with Gasteiger partial charge in [-0.1, -0.05) is 12.1 Å². The number of hydrogen-bond acceptors (Lipinski definition) is 11. The average molecular weight is 701 g/mol. The minimum atomic E-state index is -0.963. The van der Waals surface area contributed by atoms with Crippen LogP contribution in [0.5, 0.6) is 0 Å². The van der Waals surface area contributed by atoms with Crippen molar-refractivity contribution in [3.05, 3.63) is 43.0 Å². The van der Waals surface area contributed by atoms with Crippen molar-refractivity contribution < 1.29 is 77.0 Å². The van der Waals surface area contributed by atoms with E-state index < -0.39 is 11.9 Å². The third kappa shape index (κ3) is 13.8. The molecular formula is C24H39LuN5O8-2. The van der Waals surface area contributed by atoms with E-state index in [-0.39, 0.29) is 56.0 Å². The SMILES string of the molecule is CNc1ccc(CC2CN(CC(=O)O)CCN(C[CH-]OO)CCN(C[CH-]OO)CCN2CC(=O)O)cc1.[Lu]. The fourth-order valence-corrected chi connectivity index (χ4v) is 4.38. The van der Waals surface area contributed by atoms with E-state index in [2.05, 4.69) is 15.1 Å². The van der Waals surface area contributed by atoms with E-state index in [0.29, 0.717) is 65.3 Å². The van der Waals surface area contributed by atoms with Gasteiger partial charge in [-0.05, 0) is 24.1 Å². The van der Waals surface area contributed by atoms with Crippen LogP contribution in [0.1, 0.15) is 5.56 Å². The van der Waals surface area contributed by atoms with Gasteiger partial charge in [0.15, 0.2) is 0 Å². The maximum atomic E-state index is 11.8. The first-order valence-electron chi connectivity index (χ1n) is 12.2. The van der Waals surface area contributed by atoms with Crippen molar-refractivity contribution in [3.63, 3.8) is 0 Å². The van der Waals surface area contributed by atoms with Gasteiger partial charge < -0.3 is 35.1 Å². The number of anilines is 1. The molecule has 13 nitrogen and oxygen atoms in total. The van der Waals surface area contributed by atoms with Gasteiger partial charge in [0, 0.05) is 101 Å². The first kappa shape index (κ1) is 34.9. The summed E-state index contributed by atoms with van der Waals surface area (Å²) in [6, 6.07) is 7.59. The Morgan fingerprint density at radius 1 is 0.868 bits per heavy atom. The molecule has 2 rings (SSSR count). The first-order chi connectivity index (χ1) is 17.8. The number of carboxylic acids is 2. The molecule has 0 saturated carbocycles. The Morgan fingerprint density at radius 2 is 1.37 bits per heavy atom. The van der Waals surface area contributed by atoms with Gasteiger partial charge in [0.25, 0.3) is 0 Å². The summed E-state index contributed by atoms with van der Waals surface area (Å²) < 4.78 is 0. The summed E-state index contributed by atoms with van der Waals surface area (Å²) in [7, 11) is 1.83. The molecule has 1 radical (unpaired) electrons. The number of rotatable bonds is 13. The number of nitrogens with zero attached hydrogens (tertiary/aromatic N) is 4. The monoisotopic (exact) mass is 700 g/mol. The summed E-state index contributed by atoms with van der Waals surface area (Å²) in [6.07, 6.45) is 0.537. The van der Waals surface area contributed by atoms with E-state index in [0.717, 1.165) is 11.3 Å². The van der Waals surface area contributed by atoms with E-state index >= 15 is 0 Å². The molecule has 1 atom stereocenters. The molecule has 14 heteroatoms. The van der Waals surface area contributed by atoms with Crippen molar-refractivity contribution in [2.24, 2.45) is 0 Å². The Balaban J connectivity index is 0.00000722. The van der Waals surface area contributed by atoms with Crippen LogP contribution < -0.4 is 5.32 Å². The van der Waals surface area contributed by atoms with Crippen LogP contribution in [0.25, 0.3) is 0 Å². The summed E-state index contributed by atoms with van der Waals surface area (Å²) in [5.41, 5.74) is 1.97. The maximum absolute atomic E-state index is 11.8. The van der Waals surface area contributed by atoms with Gasteiger partial charge in [-0.25, -0.2) is 0 Å². The Morgan fingerprint density at radius 3 is 1.84 bits per heavy atom. The molecule has 225 valence electrons. The molecule has 1 aliphatic heterocycles. The third-order valence-corrected chi connectivity index (χ3v) is 6.38. The fraction of sp³-hybridized carbons (Fsp3) is 0.583. The standard InChI is InChI=1S/C24H39N5O8.Lu/c1-25-21-4-2-20(3-5-21)16-22-17-28(18-23(30)31)9-8-26(12-14-36-34)6-7-27(13-15-37-35)10-11-29(22)19-24(32)33;/h2-5,14-15,22,25,34-35H,6-13,16-19H2,1H3,(H,30,31)(H,32,33);/q-2;. The minimum absolute atomic E-state index is 0. The topological polar surface area (TPSA) is 159 Å². The van der Waals surface area contributed by atoms with Gasteiger partial charge in [0.2, 0.25) is 0 Å². The maximum Gasteiger partial charge on any atom is 0.317 e. The number of benzene rings is 1. The van der Waals surface area contributed by atoms with Gasteiger partial charge in [-0.3, -0.25) is 29.9 Å². The quantitative estimate of drug-likeness (QED) is 0.109. The molecular weight excluding hydrogens is 661 g/mol. The third-order valence-electron chi connectivity index (χ3n) is 6.38. The molecule has 1 unspecified atom stereocenters. The molecule has 1 fully saturated rings. The molecule has 1 aromatic carbocycles. The second-order valence-corrected chi connectivity index (χ2v) is 8.94. The van der Waals surface area contributed by atoms with Crippen molar-refractivity contribution in [1.29, 1.82) is 0 Å². The van der Waals surface area contributed by atoms with Gasteiger partial charge in [-0.2, -0.15) is 13.2 Å². The van der Waals surface area contributed by atoms with E-state index in [1.807, 2.05) is 50.9 Å². The molecule has 0 spiro atoms. The van der Waals surface area contributed by atoms with Crippen LogP contribution >= 0.6 is 0 Å². The Hall–Kier alpha value is -1.13. The number of nitrogens with one attached hydrogen (secondary N) is 1. The Labute approximate surface area is 252 Å². The van der Waals surface area contributed by atoms with Crippen molar-refractivity contribution >= 4 is 17.6 Å². The van der Waals surface area contributed by atoms with Crippen molar-refractivity contribution in [2.75, 3.05) is 84.4 Å². The number of hydrogen-bond donors (Lipinski definition) is 5. The zero-order valence-electron chi connectivity index (χ0n) is 21.5. The number of carboxylic acid groups (broad SMARTS) is 2. The second-order valence-electron chi connectivity index (χ2n) is 8.94. The largest absolute Gasteiger partial charge is 0.480 e. The van der Waals surface area contributed by atoms with Crippen LogP contribution in [-0.4, -0.2) is 137 Å². The molecule has 1 aliphatic rings. The molecule has 0 aliphatic carbocycles. The fourth-order valence-electron chi connectivity index (χ4n) is 4.38. The Kier molecular flexibility index (Phi) is 18.2. The van der Waals surface area contributed by atoms with Crippen LogP contribution in [0.3, 0.4) is 0 Å². The zero-order chi connectivity index (χ0) is 27.0. The molecule has 1 aromatic rings. The van der Waals surface area contributed by atoms with E-state index in [1.165, 1.54) is 13.2 Å². The van der Waals surface area contributed by atoms with Crippen molar-refractivity contribution in [3.8, 4) is 0 Å². The van der Waals surface area contributed by atoms with Crippen LogP contribution in [0.4, 0.5) is 5.69 Å². The second kappa shape index (κ2) is 19.9. The summed E-state index contributed by atoms with van der Waals surface area (Å²) >= 11 is 0. The van der Waals surface area contributed by atoms with Crippen LogP contribution in [-0.2, 0) is 25.8 Å². The zero-order valence-corrected chi connectivity index (χ0v) is 23.2. The Bertz CT molecular complexity index is 807.